The van der Waals surface area contributed by atoms with Gasteiger partial charge in [0, 0.05) is 11.4 Å². The van der Waals surface area contributed by atoms with Gasteiger partial charge in [0.15, 0.2) is 11.6 Å². The molecule has 6 heteroatoms. The van der Waals surface area contributed by atoms with E-state index in [4.69, 9.17) is 15.4 Å². The minimum Gasteiger partial charge on any atom is -0.451 e. The maximum atomic E-state index is 12.4. The second-order valence-electron chi connectivity index (χ2n) is 4.77. The summed E-state index contributed by atoms with van der Waals surface area (Å²) in [6.07, 6.45) is 0. The molecule has 0 radical (unpaired) electrons. The highest BCUT2D eigenvalue weighted by Gasteiger charge is 2.23. The van der Waals surface area contributed by atoms with Crippen molar-refractivity contribution in [2.45, 2.75) is 19.9 Å². The van der Waals surface area contributed by atoms with Gasteiger partial charge in [-0.1, -0.05) is 23.4 Å². The van der Waals surface area contributed by atoms with Crippen LogP contribution in [0.25, 0.3) is 11.0 Å². The van der Waals surface area contributed by atoms with Gasteiger partial charge in [-0.25, -0.2) is 0 Å². The van der Waals surface area contributed by atoms with Crippen molar-refractivity contribution in [2.24, 2.45) is 10.9 Å². The molecule has 0 aliphatic heterocycles. The van der Waals surface area contributed by atoms with Crippen LogP contribution in [0.5, 0.6) is 0 Å². The lowest BCUT2D eigenvalue weighted by molar-refractivity contribution is 0.0704. The Morgan fingerprint density at radius 3 is 2.75 bits per heavy atom. The first kappa shape index (κ1) is 13.9. The number of oxime groups is 1. The Morgan fingerprint density at radius 1 is 1.45 bits per heavy atom. The lowest BCUT2D eigenvalue weighted by atomic mass is 10.2. The highest BCUT2D eigenvalue weighted by molar-refractivity contribution is 5.98. The first-order valence-electron chi connectivity index (χ1n) is 6.29. The van der Waals surface area contributed by atoms with Crippen molar-refractivity contribution >= 4 is 22.7 Å². The first-order valence-corrected chi connectivity index (χ1v) is 6.29. The molecule has 0 bridgehead atoms. The quantitative estimate of drug-likeness (QED) is 0.386. The summed E-state index contributed by atoms with van der Waals surface area (Å²) < 4.78 is 5.54. The Kier molecular flexibility index (Phi) is 3.93. The van der Waals surface area contributed by atoms with Gasteiger partial charge in [-0.3, -0.25) is 4.79 Å². The van der Waals surface area contributed by atoms with E-state index in [0.717, 1.165) is 5.39 Å². The molecule has 6 nitrogen and oxygen atoms in total. The van der Waals surface area contributed by atoms with Gasteiger partial charge in [-0.05, 0) is 26.0 Å². The molecule has 2 aromatic rings. The first-order chi connectivity index (χ1) is 9.52. The molecule has 0 spiro atoms. The van der Waals surface area contributed by atoms with Gasteiger partial charge in [0.05, 0.1) is 6.54 Å². The Bertz CT molecular complexity index is 613. The van der Waals surface area contributed by atoms with E-state index < -0.39 is 0 Å². The van der Waals surface area contributed by atoms with E-state index in [9.17, 15) is 4.79 Å². The number of carbonyl (C=O) groups excluding carboxylic acids is 1. The Labute approximate surface area is 116 Å². The van der Waals surface area contributed by atoms with E-state index in [1.165, 1.54) is 4.90 Å². The summed E-state index contributed by atoms with van der Waals surface area (Å²) >= 11 is 0. The van der Waals surface area contributed by atoms with Crippen LogP contribution >= 0.6 is 0 Å². The number of hydrogen-bond donors (Lipinski definition) is 2. The van der Waals surface area contributed by atoms with Crippen LogP contribution in [0.3, 0.4) is 0 Å². The molecule has 1 aromatic heterocycles. The van der Waals surface area contributed by atoms with Crippen molar-refractivity contribution < 1.29 is 14.4 Å². The van der Waals surface area contributed by atoms with Gasteiger partial charge in [0.25, 0.3) is 5.91 Å². The van der Waals surface area contributed by atoms with Gasteiger partial charge in [0.2, 0.25) is 0 Å². The summed E-state index contributed by atoms with van der Waals surface area (Å²) in [5, 5.41) is 12.4. The Hall–Kier alpha value is -2.50. The number of benzene rings is 1. The zero-order chi connectivity index (χ0) is 14.7. The van der Waals surface area contributed by atoms with Crippen LogP contribution in [-0.2, 0) is 0 Å². The number of hydrogen-bond acceptors (Lipinski definition) is 4. The fourth-order valence-corrected chi connectivity index (χ4v) is 1.92. The predicted molar refractivity (Wildman–Crippen MR) is 75.8 cm³/mol. The molecule has 2 rings (SSSR count). The van der Waals surface area contributed by atoms with Crippen LogP contribution < -0.4 is 5.73 Å². The summed E-state index contributed by atoms with van der Waals surface area (Å²) in [6.45, 7) is 3.75. The third kappa shape index (κ3) is 2.74. The van der Waals surface area contributed by atoms with Crippen molar-refractivity contribution in [1.82, 2.24) is 4.90 Å². The maximum Gasteiger partial charge on any atom is 0.290 e. The number of fused-ring (bicyclic) bond motifs is 1. The number of carbonyl (C=O) groups is 1. The molecule has 0 saturated carbocycles. The molecular weight excluding hydrogens is 258 g/mol. The number of nitrogens with two attached hydrogens (primary N) is 1. The van der Waals surface area contributed by atoms with Crippen molar-refractivity contribution in [3.8, 4) is 0 Å². The van der Waals surface area contributed by atoms with Crippen LogP contribution in [0.2, 0.25) is 0 Å². The van der Waals surface area contributed by atoms with Crippen LogP contribution in [0.4, 0.5) is 0 Å². The van der Waals surface area contributed by atoms with E-state index in [1.807, 2.05) is 32.0 Å². The third-order valence-corrected chi connectivity index (χ3v) is 2.98. The van der Waals surface area contributed by atoms with E-state index in [2.05, 4.69) is 5.16 Å². The maximum absolute atomic E-state index is 12.4. The summed E-state index contributed by atoms with van der Waals surface area (Å²) in [7, 11) is 0. The normalized spacial score (nSPS) is 12.1. The van der Waals surface area contributed by atoms with E-state index in [0.29, 0.717) is 5.58 Å². The van der Waals surface area contributed by atoms with Gasteiger partial charge in [-0.15, -0.1) is 0 Å². The number of furan rings is 1. The zero-order valence-corrected chi connectivity index (χ0v) is 11.4. The number of nitrogens with zero attached hydrogens (tertiary/aromatic N) is 2. The fourth-order valence-electron chi connectivity index (χ4n) is 1.92. The molecule has 0 atom stereocenters. The van der Waals surface area contributed by atoms with E-state index in [1.54, 1.807) is 12.1 Å². The van der Waals surface area contributed by atoms with Crippen molar-refractivity contribution in [3.63, 3.8) is 0 Å². The van der Waals surface area contributed by atoms with E-state index >= 15 is 0 Å². The lowest BCUT2D eigenvalue weighted by Gasteiger charge is -2.24. The average molecular weight is 275 g/mol. The summed E-state index contributed by atoms with van der Waals surface area (Å²) in [6, 6.07) is 8.99. The second kappa shape index (κ2) is 5.64. The van der Waals surface area contributed by atoms with Crippen LogP contribution in [0, 0.1) is 0 Å². The van der Waals surface area contributed by atoms with Gasteiger partial charge in [-0.2, -0.15) is 0 Å². The molecular formula is C14H17N3O3. The fraction of sp³-hybridized carbons (Fsp3) is 0.286. The van der Waals surface area contributed by atoms with Crippen LogP contribution in [-0.4, -0.2) is 34.4 Å². The summed E-state index contributed by atoms with van der Waals surface area (Å²) in [4.78, 5) is 13.9. The highest BCUT2D eigenvalue weighted by atomic mass is 16.4. The average Bonchev–Trinajstić information content (AvgIpc) is 2.87. The predicted octanol–water partition coefficient (Wildman–Crippen LogP) is 2.03. The number of para-hydroxylation sites is 1. The zero-order valence-electron chi connectivity index (χ0n) is 11.4. The second-order valence-corrected chi connectivity index (χ2v) is 4.77. The Morgan fingerprint density at radius 2 is 2.15 bits per heavy atom. The number of amidine groups is 1. The number of rotatable bonds is 4. The van der Waals surface area contributed by atoms with Crippen LogP contribution in [0.15, 0.2) is 39.9 Å². The molecule has 1 aromatic carbocycles. The molecule has 1 amide bonds. The molecule has 106 valence electrons. The number of amides is 1. The molecule has 0 fully saturated rings. The van der Waals surface area contributed by atoms with Crippen molar-refractivity contribution in [2.75, 3.05) is 6.54 Å². The molecule has 0 aliphatic rings. The monoisotopic (exact) mass is 275 g/mol. The molecule has 0 aliphatic carbocycles. The van der Waals surface area contributed by atoms with E-state index in [-0.39, 0.29) is 30.1 Å². The third-order valence-electron chi connectivity index (χ3n) is 2.98. The minimum atomic E-state index is -0.289. The summed E-state index contributed by atoms with van der Waals surface area (Å²) in [5.74, 6) is -0.0726. The molecule has 1 heterocycles. The minimum absolute atomic E-state index is 0.0249. The standard InChI is InChI=1S/C14H17N3O3/c1-9(2)17(8-13(15)16-19)14(18)12-7-10-5-3-4-6-11(10)20-12/h3-7,9,19H,8H2,1-2H3,(H2,15,16). The van der Waals surface area contributed by atoms with Gasteiger partial charge in [0.1, 0.15) is 5.58 Å². The van der Waals surface area contributed by atoms with Gasteiger partial charge < -0.3 is 20.3 Å². The SMILES string of the molecule is CC(C)N(CC(N)=NO)C(=O)c1cc2ccccc2o1. The topological polar surface area (TPSA) is 92.1 Å². The molecule has 0 unspecified atom stereocenters. The van der Waals surface area contributed by atoms with Crippen LogP contribution in [0.1, 0.15) is 24.4 Å². The largest absolute Gasteiger partial charge is 0.451 e. The summed E-state index contributed by atoms with van der Waals surface area (Å²) in [5.41, 5.74) is 6.13. The lowest BCUT2D eigenvalue weighted by Crippen LogP contribution is -2.42. The van der Waals surface area contributed by atoms with Crippen molar-refractivity contribution in [1.29, 1.82) is 0 Å². The van der Waals surface area contributed by atoms with Crippen molar-refractivity contribution in [3.05, 3.63) is 36.1 Å². The highest BCUT2D eigenvalue weighted by Crippen LogP contribution is 2.20. The Balaban J connectivity index is 2.31. The molecule has 0 saturated heterocycles. The van der Waals surface area contributed by atoms with Gasteiger partial charge >= 0.3 is 0 Å². The smallest absolute Gasteiger partial charge is 0.290 e. The molecule has 20 heavy (non-hydrogen) atoms. The molecule has 3 N–H and O–H groups in total.